The van der Waals surface area contributed by atoms with E-state index in [4.69, 9.17) is 16.7 Å². The van der Waals surface area contributed by atoms with Gasteiger partial charge in [-0.3, -0.25) is 0 Å². The molecule has 0 fully saturated rings. The molecule has 0 aliphatic carbocycles. The quantitative estimate of drug-likeness (QED) is 0.768. The Morgan fingerprint density at radius 1 is 1.44 bits per heavy atom. The van der Waals surface area contributed by atoms with E-state index in [9.17, 15) is 4.79 Å². The lowest BCUT2D eigenvalue weighted by Gasteiger charge is -2.13. The molecule has 0 saturated heterocycles. The second kappa shape index (κ2) is 7.74. The van der Waals surface area contributed by atoms with E-state index in [1.54, 1.807) is 24.4 Å². The van der Waals surface area contributed by atoms with Gasteiger partial charge in [0.05, 0.1) is 12.6 Å². The molecule has 1 rings (SSSR count). The van der Waals surface area contributed by atoms with Crippen LogP contribution in [0.25, 0.3) is 6.08 Å². The molecule has 1 aromatic carbocycles. The Kier molecular flexibility index (Phi) is 6.25. The minimum atomic E-state index is -0.332. The number of hydrogen-bond acceptors (Lipinski definition) is 2. The van der Waals surface area contributed by atoms with Gasteiger partial charge >= 0.3 is 6.03 Å². The fourth-order valence-electron chi connectivity index (χ4n) is 1.29. The lowest BCUT2D eigenvalue weighted by Crippen LogP contribution is -2.41. The van der Waals surface area contributed by atoms with Crippen molar-refractivity contribution in [3.63, 3.8) is 0 Å². The summed E-state index contributed by atoms with van der Waals surface area (Å²) in [5, 5.41) is 14.8. The highest BCUT2D eigenvalue weighted by Gasteiger charge is 2.06. The van der Waals surface area contributed by atoms with Crippen molar-refractivity contribution in [3.8, 4) is 0 Å². The van der Waals surface area contributed by atoms with Gasteiger partial charge in [0.2, 0.25) is 0 Å². The molecule has 4 nitrogen and oxygen atoms in total. The fourth-order valence-corrected chi connectivity index (χ4v) is 1.42. The maximum Gasteiger partial charge on any atom is 0.319 e. The monoisotopic (exact) mass is 268 g/mol. The largest absolute Gasteiger partial charge is 0.394 e. The van der Waals surface area contributed by atoms with Crippen LogP contribution in [0, 0.1) is 0 Å². The van der Waals surface area contributed by atoms with E-state index in [1.807, 2.05) is 19.1 Å². The first-order valence-electron chi connectivity index (χ1n) is 5.75. The van der Waals surface area contributed by atoms with Crippen molar-refractivity contribution in [1.29, 1.82) is 0 Å². The number of amides is 2. The molecule has 5 heteroatoms. The van der Waals surface area contributed by atoms with Gasteiger partial charge in [-0.15, -0.1) is 0 Å². The number of urea groups is 1. The zero-order valence-electron chi connectivity index (χ0n) is 10.2. The van der Waals surface area contributed by atoms with Crippen LogP contribution < -0.4 is 10.6 Å². The third kappa shape index (κ3) is 5.21. The highest BCUT2D eigenvalue weighted by Crippen LogP contribution is 2.10. The van der Waals surface area contributed by atoms with Crippen molar-refractivity contribution in [3.05, 3.63) is 41.1 Å². The third-order valence-corrected chi connectivity index (χ3v) is 2.66. The van der Waals surface area contributed by atoms with E-state index in [1.165, 1.54) is 0 Å². The first-order chi connectivity index (χ1) is 8.65. The Morgan fingerprint density at radius 3 is 2.67 bits per heavy atom. The molecule has 0 radical (unpaired) electrons. The summed E-state index contributed by atoms with van der Waals surface area (Å²) in [5.74, 6) is 0. The van der Waals surface area contributed by atoms with Crippen LogP contribution >= 0.6 is 11.6 Å². The van der Waals surface area contributed by atoms with E-state index in [0.717, 1.165) is 5.56 Å². The number of rotatable bonds is 5. The molecule has 0 saturated carbocycles. The molecule has 1 unspecified atom stereocenters. The van der Waals surface area contributed by atoms with E-state index in [2.05, 4.69) is 10.6 Å². The number of aliphatic hydroxyl groups excluding tert-OH is 1. The molecule has 0 aliphatic heterocycles. The van der Waals surface area contributed by atoms with Crippen LogP contribution in [-0.4, -0.2) is 23.8 Å². The van der Waals surface area contributed by atoms with Crippen molar-refractivity contribution in [2.75, 3.05) is 6.61 Å². The molecule has 3 N–H and O–H groups in total. The van der Waals surface area contributed by atoms with Gasteiger partial charge in [0.1, 0.15) is 0 Å². The molecular weight excluding hydrogens is 252 g/mol. The van der Waals surface area contributed by atoms with Crippen molar-refractivity contribution < 1.29 is 9.90 Å². The third-order valence-electron chi connectivity index (χ3n) is 2.41. The van der Waals surface area contributed by atoms with Crippen LogP contribution in [0.2, 0.25) is 5.02 Å². The molecule has 0 spiro atoms. The maximum atomic E-state index is 11.4. The molecule has 0 aliphatic rings. The molecule has 18 heavy (non-hydrogen) atoms. The molecule has 0 bridgehead atoms. The van der Waals surface area contributed by atoms with E-state index in [-0.39, 0.29) is 18.7 Å². The average Bonchev–Trinajstić information content (AvgIpc) is 2.38. The van der Waals surface area contributed by atoms with E-state index in [0.29, 0.717) is 11.4 Å². The molecule has 2 amide bonds. The number of aliphatic hydroxyl groups is 1. The van der Waals surface area contributed by atoms with Gasteiger partial charge < -0.3 is 15.7 Å². The Morgan fingerprint density at radius 2 is 2.11 bits per heavy atom. The molecule has 0 heterocycles. The van der Waals surface area contributed by atoms with Crippen molar-refractivity contribution in [1.82, 2.24) is 10.6 Å². The normalized spacial score (nSPS) is 12.4. The van der Waals surface area contributed by atoms with E-state index < -0.39 is 0 Å². The maximum absolute atomic E-state index is 11.4. The van der Waals surface area contributed by atoms with Crippen molar-refractivity contribution in [2.45, 2.75) is 19.4 Å². The number of halogens is 1. The second-order valence-electron chi connectivity index (χ2n) is 3.79. The topological polar surface area (TPSA) is 61.4 Å². The minimum absolute atomic E-state index is 0.0647. The Hall–Kier alpha value is -1.52. The Labute approximate surface area is 112 Å². The molecule has 1 atom stereocenters. The van der Waals surface area contributed by atoms with Gasteiger partial charge in [-0.1, -0.05) is 30.7 Å². The van der Waals surface area contributed by atoms with Crippen LogP contribution in [-0.2, 0) is 0 Å². The van der Waals surface area contributed by atoms with Gasteiger partial charge in [0.15, 0.2) is 0 Å². The number of hydrogen-bond donors (Lipinski definition) is 3. The molecule has 0 aromatic heterocycles. The molecular formula is C13H17ClN2O2. The van der Waals surface area contributed by atoms with Gasteiger partial charge in [-0.05, 0) is 30.2 Å². The summed E-state index contributed by atoms with van der Waals surface area (Å²) in [6, 6.07) is 6.71. The number of benzene rings is 1. The van der Waals surface area contributed by atoms with Gasteiger partial charge in [-0.2, -0.15) is 0 Å². The molecule has 98 valence electrons. The summed E-state index contributed by atoms with van der Waals surface area (Å²) in [5.41, 5.74) is 0.939. The minimum Gasteiger partial charge on any atom is -0.394 e. The van der Waals surface area contributed by atoms with E-state index >= 15 is 0 Å². The van der Waals surface area contributed by atoms with Crippen LogP contribution in [0.4, 0.5) is 4.79 Å². The summed E-state index contributed by atoms with van der Waals surface area (Å²) in [7, 11) is 0. The van der Waals surface area contributed by atoms with Crippen LogP contribution in [0.1, 0.15) is 18.9 Å². The fraction of sp³-hybridized carbons (Fsp3) is 0.308. The van der Waals surface area contributed by atoms with Crippen molar-refractivity contribution >= 4 is 23.7 Å². The highest BCUT2D eigenvalue weighted by molar-refractivity contribution is 6.30. The summed E-state index contributed by atoms with van der Waals surface area (Å²) in [4.78, 5) is 11.4. The summed E-state index contributed by atoms with van der Waals surface area (Å²) in [6.07, 6.45) is 3.99. The number of carbonyl (C=O) groups is 1. The van der Waals surface area contributed by atoms with Crippen LogP contribution in [0.5, 0.6) is 0 Å². The summed E-state index contributed by atoms with van der Waals surface area (Å²) in [6.45, 7) is 1.83. The highest BCUT2D eigenvalue weighted by atomic mass is 35.5. The Balaban J connectivity index is 2.40. The zero-order chi connectivity index (χ0) is 13.4. The number of nitrogens with one attached hydrogen (secondary N) is 2. The number of carbonyl (C=O) groups excluding carboxylic acids is 1. The second-order valence-corrected chi connectivity index (χ2v) is 4.23. The average molecular weight is 269 g/mol. The summed E-state index contributed by atoms with van der Waals surface area (Å²) < 4.78 is 0. The van der Waals surface area contributed by atoms with Crippen LogP contribution in [0.3, 0.4) is 0 Å². The first kappa shape index (κ1) is 14.5. The SMILES string of the molecule is CCC(CO)NC(=O)N/C=C/c1ccc(Cl)cc1. The standard InChI is InChI=1S/C13H17ClN2O2/c1-2-12(9-17)16-13(18)15-8-7-10-3-5-11(14)6-4-10/h3-8,12,17H,2,9H2,1H3,(H2,15,16,18)/b8-7+. The predicted molar refractivity (Wildman–Crippen MR) is 73.3 cm³/mol. The van der Waals surface area contributed by atoms with Crippen LogP contribution in [0.15, 0.2) is 30.5 Å². The lowest BCUT2D eigenvalue weighted by atomic mass is 10.2. The summed E-state index contributed by atoms with van der Waals surface area (Å²) >= 11 is 5.76. The van der Waals surface area contributed by atoms with Gasteiger partial charge in [0, 0.05) is 11.2 Å². The van der Waals surface area contributed by atoms with Crippen molar-refractivity contribution in [2.24, 2.45) is 0 Å². The lowest BCUT2D eigenvalue weighted by molar-refractivity contribution is 0.217. The molecule has 1 aromatic rings. The smallest absolute Gasteiger partial charge is 0.319 e. The first-order valence-corrected chi connectivity index (χ1v) is 6.13. The van der Waals surface area contributed by atoms with Gasteiger partial charge in [0.25, 0.3) is 0 Å². The zero-order valence-corrected chi connectivity index (χ0v) is 10.9. The Bertz CT molecular complexity index is 400. The predicted octanol–water partition coefficient (Wildman–Crippen LogP) is 2.38. The van der Waals surface area contributed by atoms with Gasteiger partial charge in [-0.25, -0.2) is 4.79 Å².